The number of hydrogen-bond acceptors (Lipinski definition) is 5. The molecule has 5 heteroatoms. The Morgan fingerprint density at radius 3 is 3.07 bits per heavy atom. The van der Waals surface area contributed by atoms with Crippen LogP contribution in [0, 0.1) is 0 Å². The van der Waals surface area contributed by atoms with Gasteiger partial charge < -0.3 is 9.84 Å². The molecular formula is C10H12N4O. The van der Waals surface area contributed by atoms with E-state index < -0.39 is 0 Å². The summed E-state index contributed by atoms with van der Waals surface area (Å²) in [5.41, 5.74) is 0.702. The van der Waals surface area contributed by atoms with Gasteiger partial charge in [-0.15, -0.1) is 0 Å². The van der Waals surface area contributed by atoms with Crippen LogP contribution in [0.25, 0.3) is 11.6 Å². The number of hydrogen-bond donors (Lipinski definition) is 1. The molecule has 0 aliphatic heterocycles. The summed E-state index contributed by atoms with van der Waals surface area (Å²) in [6.07, 6.45) is 1.70. The average Bonchev–Trinajstić information content (AvgIpc) is 2.76. The Balaban J connectivity index is 2.14. The van der Waals surface area contributed by atoms with Crippen molar-refractivity contribution in [3.8, 4) is 11.6 Å². The molecule has 2 rings (SSSR count). The summed E-state index contributed by atoms with van der Waals surface area (Å²) < 4.78 is 5.08. The molecule has 78 valence electrons. The lowest BCUT2D eigenvalue weighted by Crippen LogP contribution is -2.12. The van der Waals surface area contributed by atoms with Crippen LogP contribution >= 0.6 is 0 Å². The number of rotatable bonds is 4. The van der Waals surface area contributed by atoms with Crippen LogP contribution in [0.1, 0.15) is 12.7 Å². The molecule has 0 atom stereocenters. The van der Waals surface area contributed by atoms with Crippen LogP contribution in [0.2, 0.25) is 0 Å². The largest absolute Gasteiger partial charge is 0.332 e. The summed E-state index contributed by atoms with van der Waals surface area (Å²) in [4.78, 5) is 8.34. The van der Waals surface area contributed by atoms with E-state index in [4.69, 9.17) is 4.52 Å². The van der Waals surface area contributed by atoms with Gasteiger partial charge in [-0.25, -0.2) is 0 Å². The van der Waals surface area contributed by atoms with Crippen molar-refractivity contribution in [3.05, 3.63) is 30.2 Å². The van der Waals surface area contributed by atoms with Crippen molar-refractivity contribution in [1.82, 2.24) is 20.4 Å². The number of nitrogens with one attached hydrogen (secondary N) is 1. The topological polar surface area (TPSA) is 63.8 Å². The van der Waals surface area contributed by atoms with Crippen molar-refractivity contribution in [3.63, 3.8) is 0 Å². The first-order chi connectivity index (χ1) is 7.40. The number of aromatic nitrogens is 3. The average molecular weight is 204 g/mol. The number of pyridine rings is 1. The third kappa shape index (κ3) is 2.38. The summed E-state index contributed by atoms with van der Waals surface area (Å²) in [5.74, 6) is 1.11. The van der Waals surface area contributed by atoms with Crippen LogP contribution in [0.15, 0.2) is 28.9 Å². The predicted molar refractivity (Wildman–Crippen MR) is 54.9 cm³/mol. The molecule has 0 saturated carbocycles. The van der Waals surface area contributed by atoms with E-state index in [2.05, 4.69) is 20.4 Å². The van der Waals surface area contributed by atoms with Gasteiger partial charge in [0.1, 0.15) is 5.69 Å². The first-order valence-corrected chi connectivity index (χ1v) is 4.85. The second-order valence-corrected chi connectivity index (χ2v) is 3.01. The molecule has 0 saturated heterocycles. The maximum atomic E-state index is 5.08. The van der Waals surface area contributed by atoms with Gasteiger partial charge in [0.25, 0.3) is 5.89 Å². The monoisotopic (exact) mass is 204 g/mol. The van der Waals surface area contributed by atoms with Gasteiger partial charge in [0.2, 0.25) is 0 Å². The summed E-state index contributed by atoms with van der Waals surface area (Å²) in [6, 6.07) is 5.57. The third-order valence-electron chi connectivity index (χ3n) is 1.89. The van der Waals surface area contributed by atoms with Gasteiger partial charge in [-0.2, -0.15) is 4.98 Å². The van der Waals surface area contributed by atoms with Crippen LogP contribution in [0.5, 0.6) is 0 Å². The summed E-state index contributed by atoms with van der Waals surface area (Å²) in [5, 5.41) is 6.97. The zero-order valence-corrected chi connectivity index (χ0v) is 8.47. The molecule has 15 heavy (non-hydrogen) atoms. The van der Waals surface area contributed by atoms with E-state index in [9.17, 15) is 0 Å². The molecule has 0 aliphatic carbocycles. The summed E-state index contributed by atoms with van der Waals surface area (Å²) in [6.45, 7) is 3.53. The molecule has 5 nitrogen and oxygen atoms in total. The number of nitrogens with zero attached hydrogens (tertiary/aromatic N) is 3. The molecule has 0 amide bonds. The molecule has 0 aromatic carbocycles. The van der Waals surface area contributed by atoms with Gasteiger partial charge in [0.05, 0.1) is 6.54 Å². The first kappa shape index (κ1) is 9.79. The van der Waals surface area contributed by atoms with E-state index in [1.165, 1.54) is 0 Å². The van der Waals surface area contributed by atoms with E-state index >= 15 is 0 Å². The second kappa shape index (κ2) is 4.65. The van der Waals surface area contributed by atoms with Gasteiger partial charge in [0.15, 0.2) is 5.82 Å². The Labute approximate surface area is 87.5 Å². The minimum Gasteiger partial charge on any atom is -0.332 e. The van der Waals surface area contributed by atoms with Crippen LogP contribution in [-0.2, 0) is 6.54 Å². The fourth-order valence-electron chi connectivity index (χ4n) is 1.16. The highest BCUT2D eigenvalue weighted by atomic mass is 16.5. The lowest BCUT2D eigenvalue weighted by molar-refractivity contribution is 0.418. The molecule has 2 aromatic heterocycles. The SMILES string of the molecule is CCNCc1noc(-c2ccccn2)n1. The molecule has 0 unspecified atom stereocenters. The van der Waals surface area contributed by atoms with Crippen LogP contribution < -0.4 is 5.32 Å². The maximum absolute atomic E-state index is 5.08. The van der Waals surface area contributed by atoms with E-state index in [1.54, 1.807) is 6.20 Å². The van der Waals surface area contributed by atoms with Crippen molar-refractivity contribution >= 4 is 0 Å². The molecule has 0 spiro atoms. The lowest BCUT2D eigenvalue weighted by Gasteiger charge is -1.92. The van der Waals surface area contributed by atoms with E-state index in [0.29, 0.717) is 24.0 Å². The smallest absolute Gasteiger partial charge is 0.276 e. The second-order valence-electron chi connectivity index (χ2n) is 3.01. The minimum absolute atomic E-state index is 0.462. The summed E-state index contributed by atoms with van der Waals surface area (Å²) in [7, 11) is 0. The predicted octanol–water partition coefficient (Wildman–Crippen LogP) is 1.24. The van der Waals surface area contributed by atoms with Crippen LogP contribution in [0.4, 0.5) is 0 Å². The Morgan fingerprint density at radius 2 is 2.33 bits per heavy atom. The molecular weight excluding hydrogens is 192 g/mol. The fraction of sp³-hybridized carbons (Fsp3) is 0.300. The third-order valence-corrected chi connectivity index (χ3v) is 1.89. The minimum atomic E-state index is 0.462. The van der Waals surface area contributed by atoms with Gasteiger partial charge in [-0.1, -0.05) is 18.1 Å². The fourth-order valence-corrected chi connectivity index (χ4v) is 1.16. The molecule has 0 fully saturated rings. The normalized spacial score (nSPS) is 10.5. The highest BCUT2D eigenvalue weighted by Crippen LogP contribution is 2.12. The van der Waals surface area contributed by atoms with E-state index in [1.807, 2.05) is 25.1 Å². The van der Waals surface area contributed by atoms with Crippen LogP contribution in [0.3, 0.4) is 0 Å². The van der Waals surface area contributed by atoms with E-state index in [0.717, 1.165) is 6.54 Å². The Morgan fingerprint density at radius 1 is 1.40 bits per heavy atom. The highest BCUT2D eigenvalue weighted by Gasteiger charge is 2.08. The Hall–Kier alpha value is -1.75. The van der Waals surface area contributed by atoms with Crippen molar-refractivity contribution in [1.29, 1.82) is 0 Å². The van der Waals surface area contributed by atoms with Crippen LogP contribution in [-0.4, -0.2) is 21.7 Å². The Kier molecular flexibility index (Phi) is 3.04. The zero-order chi connectivity index (χ0) is 10.5. The van der Waals surface area contributed by atoms with Crippen molar-refractivity contribution in [2.75, 3.05) is 6.54 Å². The van der Waals surface area contributed by atoms with Crippen molar-refractivity contribution in [2.45, 2.75) is 13.5 Å². The lowest BCUT2D eigenvalue weighted by atomic mass is 10.3. The van der Waals surface area contributed by atoms with Crippen molar-refractivity contribution < 1.29 is 4.52 Å². The molecule has 1 N–H and O–H groups in total. The van der Waals surface area contributed by atoms with Gasteiger partial charge in [-0.3, -0.25) is 4.98 Å². The molecule has 2 heterocycles. The van der Waals surface area contributed by atoms with E-state index in [-0.39, 0.29) is 0 Å². The highest BCUT2D eigenvalue weighted by molar-refractivity contribution is 5.45. The Bertz CT molecular complexity index is 412. The van der Waals surface area contributed by atoms with Gasteiger partial charge in [-0.05, 0) is 18.7 Å². The summed E-state index contributed by atoms with van der Waals surface area (Å²) >= 11 is 0. The molecule has 0 aliphatic rings. The molecule has 2 aromatic rings. The van der Waals surface area contributed by atoms with Gasteiger partial charge in [0, 0.05) is 6.20 Å². The van der Waals surface area contributed by atoms with Gasteiger partial charge >= 0.3 is 0 Å². The maximum Gasteiger partial charge on any atom is 0.276 e. The quantitative estimate of drug-likeness (QED) is 0.811. The molecule has 0 radical (unpaired) electrons. The zero-order valence-electron chi connectivity index (χ0n) is 8.47. The van der Waals surface area contributed by atoms with Crippen molar-refractivity contribution in [2.24, 2.45) is 0 Å². The molecule has 0 bridgehead atoms. The standard InChI is InChI=1S/C10H12N4O/c1-2-11-7-9-13-10(15-14-9)8-5-3-4-6-12-8/h3-6,11H,2,7H2,1H3. The first-order valence-electron chi connectivity index (χ1n) is 4.85.